The molecule has 1 heterocycles. The summed E-state index contributed by atoms with van der Waals surface area (Å²) in [7, 11) is 0. The van der Waals surface area contributed by atoms with E-state index in [-0.39, 0.29) is 24.3 Å². The van der Waals surface area contributed by atoms with Gasteiger partial charge < -0.3 is 9.64 Å². The van der Waals surface area contributed by atoms with E-state index in [1.165, 1.54) is 0 Å². The molecule has 1 fully saturated rings. The number of ether oxygens (including phenoxy) is 1. The lowest BCUT2D eigenvalue weighted by molar-refractivity contribution is -0.115. The Morgan fingerprint density at radius 1 is 1.08 bits per heavy atom. The molecule has 1 aromatic carbocycles. The predicted octanol–water partition coefficient (Wildman–Crippen LogP) is 3.41. The minimum absolute atomic E-state index is 0. The number of amides is 1. The van der Waals surface area contributed by atoms with Gasteiger partial charge in [-0.15, -0.1) is 12.4 Å². The Morgan fingerprint density at radius 2 is 1.77 bits per heavy atom. The van der Waals surface area contributed by atoms with Crippen LogP contribution in [0.25, 0.3) is 6.08 Å². The molecule has 0 N–H and O–H groups in total. The highest BCUT2D eigenvalue weighted by atomic mass is 35.5. The molecule has 0 bridgehead atoms. The SMILES string of the molecule is CCOC(=O)N1CCN(CCC(=O)/C=C/C=C/c2ccccc2)CC1.Cl. The van der Waals surface area contributed by atoms with E-state index in [0.717, 1.165) is 25.2 Å². The summed E-state index contributed by atoms with van der Waals surface area (Å²) < 4.78 is 5.00. The van der Waals surface area contributed by atoms with Gasteiger partial charge in [0.15, 0.2) is 5.78 Å². The van der Waals surface area contributed by atoms with Crippen LogP contribution in [0.5, 0.6) is 0 Å². The number of halogens is 1. The number of carbonyl (C=O) groups is 2. The molecule has 1 aromatic rings. The Bertz CT molecular complexity index is 609. The highest BCUT2D eigenvalue weighted by molar-refractivity contribution is 5.90. The van der Waals surface area contributed by atoms with E-state index in [1.54, 1.807) is 17.1 Å². The van der Waals surface area contributed by atoms with Crippen LogP contribution in [0.15, 0.2) is 48.6 Å². The van der Waals surface area contributed by atoms with Gasteiger partial charge in [0.1, 0.15) is 0 Å². The van der Waals surface area contributed by atoms with Gasteiger partial charge in [0.25, 0.3) is 0 Å². The maximum absolute atomic E-state index is 11.9. The van der Waals surface area contributed by atoms with Crippen LogP contribution < -0.4 is 0 Å². The molecule has 0 aromatic heterocycles. The van der Waals surface area contributed by atoms with Gasteiger partial charge in [0, 0.05) is 39.1 Å². The molecular formula is C20H27ClN2O3. The molecule has 2 rings (SSSR count). The number of benzene rings is 1. The standard InChI is InChI=1S/C20H26N2O3.ClH/c1-2-25-20(24)22-16-14-21(15-17-22)13-12-19(23)11-7-6-10-18-8-4-3-5-9-18;/h3-11H,2,12-17H2,1H3;1H/b10-6+,11-7+;. The number of allylic oxidation sites excluding steroid dienone is 3. The maximum atomic E-state index is 11.9. The molecule has 26 heavy (non-hydrogen) atoms. The maximum Gasteiger partial charge on any atom is 0.409 e. The third-order valence-corrected chi connectivity index (χ3v) is 4.05. The van der Waals surface area contributed by atoms with Crippen molar-refractivity contribution in [2.24, 2.45) is 0 Å². The summed E-state index contributed by atoms with van der Waals surface area (Å²) in [4.78, 5) is 27.5. The van der Waals surface area contributed by atoms with Crippen LogP contribution in [0, 0.1) is 0 Å². The van der Waals surface area contributed by atoms with Crippen LogP contribution in [0.2, 0.25) is 0 Å². The summed E-state index contributed by atoms with van der Waals surface area (Å²) in [6, 6.07) is 9.97. The van der Waals surface area contributed by atoms with E-state index in [2.05, 4.69) is 4.90 Å². The Morgan fingerprint density at radius 3 is 2.42 bits per heavy atom. The first kappa shape index (κ1) is 21.9. The highest BCUT2D eigenvalue weighted by Gasteiger charge is 2.21. The molecule has 0 spiro atoms. The molecule has 0 unspecified atom stereocenters. The van der Waals surface area contributed by atoms with Gasteiger partial charge in [0.2, 0.25) is 0 Å². The van der Waals surface area contributed by atoms with Crippen molar-refractivity contribution in [1.29, 1.82) is 0 Å². The van der Waals surface area contributed by atoms with E-state index >= 15 is 0 Å². The van der Waals surface area contributed by atoms with Gasteiger partial charge in [-0.05, 0) is 18.6 Å². The molecule has 0 atom stereocenters. The Labute approximate surface area is 161 Å². The zero-order chi connectivity index (χ0) is 17.9. The van der Waals surface area contributed by atoms with Crippen molar-refractivity contribution in [3.63, 3.8) is 0 Å². The molecule has 5 nitrogen and oxygen atoms in total. The summed E-state index contributed by atoms with van der Waals surface area (Å²) in [5, 5.41) is 0. The molecule has 1 saturated heterocycles. The summed E-state index contributed by atoms with van der Waals surface area (Å²) >= 11 is 0. The largest absolute Gasteiger partial charge is 0.450 e. The van der Waals surface area contributed by atoms with Crippen molar-refractivity contribution in [3.8, 4) is 0 Å². The van der Waals surface area contributed by atoms with Crippen molar-refractivity contribution in [2.75, 3.05) is 39.3 Å². The van der Waals surface area contributed by atoms with Gasteiger partial charge in [-0.25, -0.2) is 4.79 Å². The van der Waals surface area contributed by atoms with Crippen molar-refractivity contribution < 1.29 is 14.3 Å². The van der Waals surface area contributed by atoms with Crippen LogP contribution in [0.4, 0.5) is 4.79 Å². The monoisotopic (exact) mass is 378 g/mol. The van der Waals surface area contributed by atoms with E-state index in [0.29, 0.717) is 26.1 Å². The lowest BCUT2D eigenvalue weighted by Gasteiger charge is -2.33. The summed E-state index contributed by atoms with van der Waals surface area (Å²) in [6.07, 6.45) is 7.51. The zero-order valence-electron chi connectivity index (χ0n) is 15.2. The predicted molar refractivity (Wildman–Crippen MR) is 107 cm³/mol. The van der Waals surface area contributed by atoms with Gasteiger partial charge in [-0.1, -0.05) is 48.6 Å². The summed E-state index contributed by atoms with van der Waals surface area (Å²) in [5.41, 5.74) is 1.11. The Kier molecular flexibility index (Phi) is 10.4. The number of hydrogen-bond donors (Lipinski definition) is 0. The normalized spacial score (nSPS) is 15.2. The quantitative estimate of drug-likeness (QED) is 0.539. The molecule has 142 valence electrons. The summed E-state index contributed by atoms with van der Waals surface area (Å²) in [5.74, 6) is 0.116. The average Bonchev–Trinajstić information content (AvgIpc) is 2.65. The van der Waals surface area contributed by atoms with Crippen molar-refractivity contribution in [1.82, 2.24) is 9.80 Å². The van der Waals surface area contributed by atoms with Crippen LogP contribution in [-0.4, -0.2) is 61.0 Å². The Hall–Kier alpha value is -2.11. The smallest absolute Gasteiger partial charge is 0.409 e. The molecule has 6 heteroatoms. The van der Waals surface area contributed by atoms with Crippen molar-refractivity contribution in [2.45, 2.75) is 13.3 Å². The van der Waals surface area contributed by atoms with E-state index in [4.69, 9.17) is 4.74 Å². The van der Waals surface area contributed by atoms with Gasteiger partial charge in [-0.3, -0.25) is 9.69 Å². The topological polar surface area (TPSA) is 49.9 Å². The van der Waals surface area contributed by atoms with Gasteiger partial charge in [0.05, 0.1) is 6.61 Å². The molecular weight excluding hydrogens is 352 g/mol. The number of ketones is 1. The molecule has 1 aliphatic rings. The van der Waals surface area contributed by atoms with E-state index < -0.39 is 0 Å². The summed E-state index contributed by atoms with van der Waals surface area (Å²) in [6.45, 7) is 5.81. The van der Waals surface area contributed by atoms with Crippen LogP contribution in [0.3, 0.4) is 0 Å². The number of nitrogens with zero attached hydrogens (tertiary/aromatic N) is 2. The third kappa shape index (κ3) is 7.85. The molecule has 1 amide bonds. The fourth-order valence-corrected chi connectivity index (χ4v) is 2.61. The van der Waals surface area contributed by atoms with E-state index in [9.17, 15) is 9.59 Å². The fourth-order valence-electron chi connectivity index (χ4n) is 2.61. The first-order valence-corrected chi connectivity index (χ1v) is 8.75. The lowest BCUT2D eigenvalue weighted by Crippen LogP contribution is -2.49. The molecule has 0 aliphatic carbocycles. The second-order valence-electron chi connectivity index (χ2n) is 5.87. The minimum Gasteiger partial charge on any atom is -0.450 e. The van der Waals surface area contributed by atoms with Gasteiger partial charge in [-0.2, -0.15) is 0 Å². The average molecular weight is 379 g/mol. The van der Waals surface area contributed by atoms with Crippen LogP contribution >= 0.6 is 12.4 Å². The number of piperazine rings is 1. The first-order valence-electron chi connectivity index (χ1n) is 8.75. The highest BCUT2D eigenvalue weighted by Crippen LogP contribution is 2.05. The minimum atomic E-state index is -0.244. The molecule has 0 radical (unpaired) electrons. The lowest BCUT2D eigenvalue weighted by atomic mass is 10.2. The second kappa shape index (κ2) is 12.3. The number of carbonyl (C=O) groups excluding carboxylic acids is 2. The van der Waals surface area contributed by atoms with Crippen LogP contribution in [-0.2, 0) is 9.53 Å². The number of hydrogen-bond acceptors (Lipinski definition) is 4. The van der Waals surface area contributed by atoms with Gasteiger partial charge >= 0.3 is 6.09 Å². The zero-order valence-corrected chi connectivity index (χ0v) is 16.0. The fraction of sp³-hybridized carbons (Fsp3) is 0.400. The number of rotatable bonds is 7. The first-order chi connectivity index (χ1) is 12.2. The van der Waals surface area contributed by atoms with Crippen LogP contribution in [0.1, 0.15) is 18.9 Å². The Balaban J connectivity index is 0.00000338. The molecule has 1 aliphatic heterocycles. The molecule has 0 saturated carbocycles. The van der Waals surface area contributed by atoms with E-state index in [1.807, 2.05) is 49.4 Å². The van der Waals surface area contributed by atoms with Crippen molar-refractivity contribution in [3.05, 3.63) is 54.1 Å². The van der Waals surface area contributed by atoms with Crippen molar-refractivity contribution >= 4 is 30.4 Å². The second-order valence-corrected chi connectivity index (χ2v) is 5.87. The third-order valence-electron chi connectivity index (χ3n) is 4.05.